The van der Waals surface area contributed by atoms with Crippen molar-refractivity contribution in [1.82, 2.24) is 4.90 Å². The Balaban J connectivity index is 1.84. The Morgan fingerprint density at radius 3 is 2.73 bits per heavy atom. The molecule has 1 aliphatic rings. The summed E-state index contributed by atoms with van der Waals surface area (Å²) >= 11 is 3.47. The topological polar surface area (TPSA) is 88.4 Å². The molecule has 0 saturated carbocycles. The standard InChI is InChI=1S/C21H19IN2O5S/c1-23-21-24(2)19(25)17(30-21)10-13-8-15(22)18(16(9-13)28-3)29-11-12-5-4-6-14(7-12)20(26)27/h4-10H,11H2,1-3H3,(H,26,27)/b17-10-,23-21?. The molecule has 7 nitrogen and oxygen atoms in total. The quantitative estimate of drug-likeness (QED) is 0.440. The fourth-order valence-corrected chi connectivity index (χ4v) is 4.52. The molecule has 1 heterocycles. The number of amides is 1. The summed E-state index contributed by atoms with van der Waals surface area (Å²) in [5, 5.41) is 9.78. The van der Waals surface area contributed by atoms with Gasteiger partial charge in [-0.05, 0) is 75.8 Å². The molecule has 30 heavy (non-hydrogen) atoms. The van der Waals surface area contributed by atoms with E-state index in [0.717, 1.165) is 14.7 Å². The summed E-state index contributed by atoms with van der Waals surface area (Å²) in [5.74, 6) is -0.00788. The Hall–Kier alpha value is -2.53. The van der Waals surface area contributed by atoms with Gasteiger partial charge >= 0.3 is 5.97 Å². The Morgan fingerprint density at radius 1 is 1.33 bits per heavy atom. The zero-order valence-electron chi connectivity index (χ0n) is 16.5. The Bertz CT molecular complexity index is 1070. The van der Waals surface area contributed by atoms with Crippen molar-refractivity contribution in [2.45, 2.75) is 6.61 Å². The average molecular weight is 538 g/mol. The van der Waals surface area contributed by atoms with Crippen molar-refractivity contribution in [3.63, 3.8) is 0 Å². The van der Waals surface area contributed by atoms with E-state index < -0.39 is 5.97 Å². The maximum atomic E-state index is 12.4. The average Bonchev–Trinajstić information content (AvgIpc) is 3.00. The summed E-state index contributed by atoms with van der Waals surface area (Å²) in [7, 11) is 4.89. The van der Waals surface area contributed by atoms with Gasteiger partial charge in [0.15, 0.2) is 16.7 Å². The van der Waals surface area contributed by atoms with Gasteiger partial charge in [-0.2, -0.15) is 0 Å². The normalized spacial score (nSPS) is 16.4. The van der Waals surface area contributed by atoms with Crippen LogP contribution in [0.15, 0.2) is 46.3 Å². The first-order chi connectivity index (χ1) is 14.3. The number of carbonyl (C=O) groups is 2. The molecule has 0 aliphatic carbocycles. The highest BCUT2D eigenvalue weighted by Gasteiger charge is 2.29. The molecule has 2 aromatic carbocycles. The molecule has 156 valence electrons. The smallest absolute Gasteiger partial charge is 0.335 e. The highest BCUT2D eigenvalue weighted by molar-refractivity contribution is 14.1. The molecule has 1 fully saturated rings. The number of aromatic carboxylic acids is 1. The van der Waals surface area contributed by atoms with Crippen molar-refractivity contribution in [2.75, 3.05) is 21.2 Å². The van der Waals surface area contributed by atoms with Crippen LogP contribution in [0.1, 0.15) is 21.5 Å². The van der Waals surface area contributed by atoms with Crippen LogP contribution in [-0.2, 0) is 11.4 Å². The van der Waals surface area contributed by atoms with Crippen LogP contribution >= 0.6 is 34.4 Å². The monoisotopic (exact) mass is 538 g/mol. The number of carboxylic acid groups (broad SMARTS) is 1. The first kappa shape index (κ1) is 22.2. The molecule has 9 heteroatoms. The van der Waals surface area contributed by atoms with Gasteiger partial charge in [0.05, 0.1) is 21.1 Å². The molecule has 1 amide bonds. The number of methoxy groups -OCH3 is 1. The second-order valence-corrected chi connectivity index (χ2v) is 8.48. The molecular weight excluding hydrogens is 519 g/mol. The molecule has 3 rings (SSSR count). The Kier molecular flexibility index (Phi) is 7.03. The summed E-state index contributed by atoms with van der Waals surface area (Å²) in [6.07, 6.45) is 1.80. The van der Waals surface area contributed by atoms with Crippen LogP contribution in [0.3, 0.4) is 0 Å². The molecule has 1 saturated heterocycles. The van der Waals surface area contributed by atoms with Crippen LogP contribution in [0.4, 0.5) is 0 Å². The number of thioether (sulfide) groups is 1. The van der Waals surface area contributed by atoms with E-state index in [-0.39, 0.29) is 18.1 Å². The number of aliphatic imine (C=N–C) groups is 1. The molecule has 0 aromatic heterocycles. The minimum atomic E-state index is -0.984. The highest BCUT2D eigenvalue weighted by atomic mass is 127. The molecule has 0 unspecified atom stereocenters. The first-order valence-electron chi connectivity index (χ1n) is 8.81. The van der Waals surface area contributed by atoms with Gasteiger partial charge in [-0.25, -0.2) is 4.79 Å². The van der Waals surface area contributed by atoms with E-state index in [2.05, 4.69) is 27.6 Å². The van der Waals surface area contributed by atoms with Gasteiger partial charge in [-0.1, -0.05) is 12.1 Å². The number of halogens is 1. The number of amidine groups is 1. The van der Waals surface area contributed by atoms with Gasteiger partial charge in [-0.3, -0.25) is 14.7 Å². The summed E-state index contributed by atoms with van der Waals surface area (Å²) in [5.41, 5.74) is 1.75. The van der Waals surface area contributed by atoms with Crippen molar-refractivity contribution < 1.29 is 24.2 Å². The van der Waals surface area contributed by atoms with E-state index in [1.54, 1.807) is 51.5 Å². The molecule has 2 aromatic rings. The maximum absolute atomic E-state index is 12.4. The summed E-state index contributed by atoms with van der Waals surface area (Å²) in [6.45, 7) is 0.198. The number of ether oxygens (including phenoxy) is 2. The second kappa shape index (κ2) is 9.52. The lowest BCUT2D eigenvalue weighted by molar-refractivity contribution is -0.121. The predicted molar refractivity (Wildman–Crippen MR) is 125 cm³/mol. The maximum Gasteiger partial charge on any atom is 0.335 e. The minimum absolute atomic E-state index is 0.104. The van der Waals surface area contributed by atoms with Gasteiger partial charge < -0.3 is 14.6 Å². The SMILES string of the molecule is CN=C1S/C(=C\c2cc(I)c(OCc3cccc(C(=O)O)c3)c(OC)c2)C(=O)N1C. The van der Waals surface area contributed by atoms with E-state index in [1.807, 2.05) is 6.07 Å². The fraction of sp³-hybridized carbons (Fsp3) is 0.190. The Labute approximate surface area is 191 Å². The Morgan fingerprint density at radius 2 is 2.10 bits per heavy atom. The van der Waals surface area contributed by atoms with Crippen molar-refractivity contribution >= 4 is 57.5 Å². The molecular formula is C21H19IN2O5S. The van der Waals surface area contributed by atoms with E-state index in [9.17, 15) is 9.59 Å². The molecule has 1 aliphatic heterocycles. The first-order valence-corrected chi connectivity index (χ1v) is 10.7. The van der Waals surface area contributed by atoms with Crippen LogP contribution in [0.2, 0.25) is 0 Å². The van der Waals surface area contributed by atoms with Crippen molar-refractivity contribution in [3.8, 4) is 11.5 Å². The fourth-order valence-electron chi connectivity index (χ4n) is 2.81. The van der Waals surface area contributed by atoms with Gasteiger partial charge in [0.25, 0.3) is 5.91 Å². The number of hydrogen-bond donors (Lipinski definition) is 1. The van der Waals surface area contributed by atoms with Crippen LogP contribution in [0.25, 0.3) is 6.08 Å². The third-order valence-corrected chi connectivity index (χ3v) is 6.25. The zero-order chi connectivity index (χ0) is 21.8. The van der Waals surface area contributed by atoms with Crippen molar-refractivity contribution in [2.24, 2.45) is 4.99 Å². The second-order valence-electron chi connectivity index (χ2n) is 6.31. The number of nitrogens with zero attached hydrogens (tertiary/aromatic N) is 2. The number of benzene rings is 2. The largest absolute Gasteiger partial charge is 0.493 e. The lowest BCUT2D eigenvalue weighted by Crippen LogP contribution is -2.23. The van der Waals surface area contributed by atoms with E-state index in [4.69, 9.17) is 14.6 Å². The number of hydrogen-bond acceptors (Lipinski definition) is 6. The third kappa shape index (κ3) is 4.78. The summed E-state index contributed by atoms with van der Waals surface area (Å²) in [6, 6.07) is 10.3. The molecule has 1 N–H and O–H groups in total. The number of rotatable bonds is 6. The van der Waals surface area contributed by atoms with Crippen LogP contribution in [-0.4, -0.2) is 48.3 Å². The minimum Gasteiger partial charge on any atom is -0.493 e. The lowest BCUT2D eigenvalue weighted by Gasteiger charge is -2.14. The van der Waals surface area contributed by atoms with Crippen LogP contribution < -0.4 is 9.47 Å². The van der Waals surface area contributed by atoms with E-state index in [0.29, 0.717) is 21.6 Å². The molecule has 0 bridgehead atoms. The summed E-state index contributed by atoms with van der Waals surface area (Å²) < 4.78 is 12.2. The van der Waals surface area contributed by atoms with E-state index >= 15 is 0 Å². The van der Waals surface area contributed by atoms with E-state index in [1.165, 1.54) is 22.7 Å². The molecule has 0 radical (unpaired) electrons. The number of carboxylic acids is 1. The van der Waals surface area contributed by atoms with Crippen molar-refractivity contribution in [3.05, 3.63) is 61.6 Å². The van der Waals surface area contributed by atoms with Gasteiger partial charge in [0.2, 0.25) is 0 Å². The number of likely N-dealkylation sites (N-methyl/N-ethyl adjacent to an activating group) is 1. The summed E-state index contributed by atoms with van der Waals surface area (Å²) in [4.78, 5) is 29.7. The zero-order valence-corrected chi connectivity index (χ0v) is 19.5. The predicted octanol–water partition coefficient (Wildman–Crippen LogP) is 4.11. The highest BCUT2D eigenvalue weighted by Crippen LogP contribution is 2.37. The third-order valence-electron chi connectivity index (χ3n) is 4.30. The molecule has 0 spiro atoms. The number of carbonyl (C=O) groups excluding carboxylic acids is 1. The lowest BCUT2D eigenvalue weighted by atomic mass is 10.1. The van der Waals surface area contributed by atoms with Gasteiger partial charge in [0.1, 0.15) is 6.61 Å². The van der Waals surface area contributed by atoms with Gasteiger partial charge in [0, 0.05) is 14.1 Å². The van der Waals surface area contributed by atoms with Crippen LogP contribution in [0.5, 0.6) is 11.5 Å². The molecule has 0 atom stereocenters. The van der Waals surface area contributed by atoms with Crippen LogP contribution in [0, 0.1) is 3.57 Å². The van der Waals surface area contributed by atoms with Crippen molar-refractivity contribution in [1.29, 1.82) is 0 Å². The van der Waals surface area contributed by atoms with Gasteiger partial charge in [-0.15, -0.1) is 0 Å².